The van der Waals surface area contributed by atoms with E-state index >= 15 is 0 Å². The van der Waals surface area contributed by atoms with Crippen molar-refractivity contribution < 1.29 is 9.59 Å². The van der Waals surface area contributed by atoms with Gasteiger partial charge in [0.05, 0.1) is 0 Å². The molecule has 0 atom stereocenters. The summed E-state index contributed by atoms with van der Waals surface area (Å²) < 4.78 is 0. The Morgan fingerprint density at radius 2 is 1.74 bits per heavy atom. The molecular weight excluding hydrogens is 240 g/mol. The van der Waals surface area contributed by atoms with Crippen molar-refractivity contribution in [2.45, 2.75) is 59.8 Å². The number of rotatable bonds is 9. The van der Waals surface area contributed by atoms with Gasteiger partial charge < -0.3 is 10.6 Å². The third-order valence-corrected chi connectivity index (χ3v) is 3.25. The van der Waals surface area contributed by atoms with Gasteiger partial charge in [0.15, 0.2) is 0 Å². The summed E-state index contributed by atoms with van der Waals surface area (Å²) in [7, 11) is 1.66. The maximum Gasteiger partial charge on any atom is 0.220 e. The van der Waals surface area contributed by atoms with Gasteiger partial charge in [-0.25, -0.2) is 0 Å². The molecule has 4 heteroatoms. The van der Waals surface area contributed by atoms with E-state index in [9.17, 15) is 9.59 Å². The van der Waals surface area contributed by atoms with Gasteiger partial charge in [-0.15, -0.1) is 0 Å². The molecule has 0 aromatic rings. The average Bonchev–Trinajstić information content (AvgIpc) is 2.33. The highest BCUT2D eigenvalue weighted by Gasteiger charge is 2.19. The molecule has 0 aliphatic rings. The van der Waals surface area contributed by atoms with Gasteiger partial charge in [-0.05, 0) is 30.6 Å². The maximum absolute atomic E-state index is 11.6. The number of carbonyl (C=O) groups excluding carboxylic acids is 2. The van der Waals surface area contributed by atoms with Crippen molar-refractivity contribution in [2.75, 3.05) is 13.6 Å². The zero-order valence-corrected chi connectivity index (χ0v) is 13.1. The van der Waals surface area contributed by atoms with E-state index in [4.69, 9.17) is 0 Å². The lowest BCUT2D eigenvalue weighted by atomic mass is 9.87. The second-order valence-electron chi connectivity index (χ2n) is 6.40. The van der Waals surface area contributed by atoms with Crippen LogP contribution >= 0.6 is 0 Å². The first kappa shape index (κ1) is 17.9. The molecule has 0 saturated heterocycles. The third kappa shape index (κ3) is 10.5. The molecule has 4 nitrogen and oxygen atoms in total. The summed E-state index contributed by atoms with van der Waals surface area (Å²) in [4.78, 5) is 22.8. The quantitative estimate of drug-likeness (QED) is 0.676. The average molecular weight is 270 g/mol. The summed E-state index contributed by atoms with van der Waals surface area (Å²) in [5, 5.41) is 5.61. The van der Waals surface area contributed by atoms with E-state index in [1.54, 1.807) is 7.05 Å². The van der Waals surface area contributed by atoms with Crippen molar-refractivity contribution in [1.82, 2.24) is 10.6 Å². The first-order valence-electron chi connectivity index (χ1n) is 7.24. The van der Waals surface area contributed by atoms with Crippen LogP contribution in [0, 0.1) is 11.3 Å². The number of carbonyl (C=O) groups is 2. The normalized spacial score (nSPS) is 11.5. The standard InChI is InChI=1S/C15H30N2O2/c1-12(2)8-9-14(19)17-11-15(3,4)10-6-7-13(18)16-5/h12H,6-11H2,1-5H3,(H,16,18)(H,17,19). The molecule has 0 bridgehead atoms. The Morgan fingerprint density at radius 3 is 2.26 bits per heavy atom. The van der Waals surface area contributed by atoms with Gasteiger partial charge >= 0.3 is 0 Å². The predicted octanol–water partition coefficient (Wildman–Crippen LogP) is 2.48. The second kappa shape index (κ2) is 8.94. The van der Waals surface area contributed by atoms with Gasteiger partial charge in [0.25, 0.3) is 0 Å². The smallest absolute Gasteiger partial charge is 0.220 e. The SMILES string of the molecule is CNC(=O)CCCC(C)(C)CNC(=O)CCC(C)C. The van der Waals surface area contributed by atoms with Crippen molar-refractivity contribution in [3.05, 3.63) is 0 Å². The van der Waals surface area contributed by atoms with Gasteiger partial charge in [-0.3, -0.25) is 9.59 Å². The monoisotopic (exact) mass is 270 g/mol. The van der Waals surface area contributed by atoms with Crippen molar-refractivity contribution >= 4 is 11.8 Å². The van der Waals surface area contributed by atoms with Crippen LogP contribution in [0.25, 0.3) is 0 Å². The van der Waals surface area contributed by atoms with E-state index in [0.717, 1.165) is 19.3 Å². The van der Waals surface area contributed by atoms with E-state index < -0.39 is 0 Å². The Morgan fingerprint density at radius 1 is 1.11 bits per heavy atom. The van der Waals surface area contributed by atoms with E-state index in [-0.39, 0.29) is 17.2 Å². The minimum absolute atomic E-state index is 0.0432. The lowest BCUT2D eigenvalue weighted by Crippen LogP contribution is -2.34. The van der Waals surface area contributed by atoms with Crippen LogP contribution in [0.3, 0.4) is 0 Å². The Kier molecular flexibility index (Phi) is 8.44. The van der Waals surface area contributed by atoms with Crippen LogP contribution < -0.4 is 10.6 Å². The fraction of sp³-hybridized carbons (Fsp3) is 0.867. The summed E-state index contributed by atoms with van der Waals surface area (Å²) in [5.74, 6) is 0.774. The zero-order valence-electron chi connectivity index (χ0n) is 13.1. The Hall–Kier alpha value is -1.06. The topological polar surface area (TPSA) is 58.2 Å². The molecule has 0 rings (SSSR count). The number of hydrogen-bond acceptors (Lipinski definition) is 2. The van der Waals surface area contributed by atoms with E-state index in [1.165, 1.54) is 0 Å². The number of hydrogen-bond donors (Lipinski definition) is 2. The summed E-state index contributed by atoms with van der Waals surface area (Å²) in [6, 6.07) is 0. The van der Waals surface area contributed by atoms with Crippen LogP contribution in [-0.2, 0) is 9.59 Å². The molecule has 19 heavy (non-hydrogen) atoms. The van der Waals surface area contributed by atoms with Crippen LogP contribution in [0.5, 0.6) is 0 Å². The summed E-state index contributed by atoms with van der Waals surface area (Å²) in [6.07, 6.45) is 3.88. The Bertz CT molecular complexity index is 286. The van der Waals surface area contributed by atoms with E-state index in [1.807, 2.05) is 0 Å². The molecule has 2 N–H and O–H groups in total. The maximum atomic E-state index is 11.6. The van der Waals surface area contributed by atoms with Crippen molar-refractivity contribution in [3.63, 3.8) is 0 Å². The molecule has 0 aromatic carbocycles. The van der Waals surface area contributed by atoms with Crippen LogP contribution in [0.2, 0.25) is 0 Å². The molecule has 0 radical (unpaired) electrons. The fourth-order valence-corrected chi connectivity index (χ4v) is 1.79. The lowest BCUT2D eigenvalue weighted by molar-refractivity contribution is -0.122. The first-order valence-corrected chi connectivity index (χ1v) is 7.24. The summed E-state index contributed by atoms with van der Waals surface area (Å²) >= 11 is 0. The van der Waals surface area contributed by atoms with Gasteiger partial charge in [0.2, 0.25) is 11.8 Å². The molecule has 0 aliphatic heterocycles. The first-order chi connectivity index (χ1) is 8.76. The van der Waals surface area contributed by atoms with E-state index in [2.05, 4.69) is 38.3 Å². The molecular formula is C15H30N2O2. The lowest BCUT2D eigenvalue weighted by Gasteiger charge is -2.25. The minimum atomic E-state index is 0.0432. The molecule has 0 aromatic heterocycles. The number of amides is 2. The van der Waals surface area contributed by atoms with Crippen LogP contribution in [0.15, 0.2) is 0 Å². The highest BCUT2D eigenvalue weighted by molar-refractivity contribution is 5.76. The highest BCUT2D eigenvalue weighted by atomic mass is 16.2. The molecule has 0 aliphatic carbocycles. The molecule has 0 spiro atoms. The van der Waals surface area contributed by atoms with Crippen LogP contribution in [0.4, 0.5) is 0 Å². The second-order valence-corrected chi connectivity index (χ2v) is 6.40. The third-order valence-electron chi connectivity index (χ3n) is 3.25. The molecule has 0 saturated carbocycles. The fourth-order valence-electron chi connectivity index (χ4n) is 1.79. The van der Waals surface area contributed by atoms with Gasteiger partial charge in [-0.2, -0.15) is 0 Å². The molecule has 112 valence electrons. The highest BCUT2D eigenvalue weighted by Crippen LogP contribution is 2.22. The Labute approximate surface area is 117 Å². The van der Waals surface area contributed by atoms with Gasteiger partial charge in [0, 0.05) is 26.4 Å². The molecule has 2 amide bonds. The summed E-state index contributed by atoms with van der Waals surface area (Å²) in [6.45, 7) is 9.17. The molecule has 0 unspecified atom stereocenters. The zero-order chi connectivity index (χ0) is 14.9. The largest absolute Gasteiger partial charge is 0.359 e. The Balaban J connectivity index is 3.83. The van der Waals surface area contributed by atoms with Gasteiger partial charge in [-0.1, -0.05) is 27.7 Å². The van der Waals surface area contributed by atoms with Crippen molar-refractivity contribution in [2.24, 2.45) is 11.3 Å². The summed E-state index contributed by atoms with van der Waals surface area (Å²) in [5.41, 5.74) is 0.0432. The van der Waals surface area contributed by atoms with Crippen LogP contribution in [0.1, 0.15) is 59.8 Å². The van der Waals surface area contributed by atoms with Crippen molar-refractivity contribution in [1.29, 1.82) is 0 Å². The molecule has 0 fully saturated rings. The number of nitrogens with one attached hydrogen (secondary N) is 2. The van der Waals surface area contributed by atoms with Gasteiger partial charge in [0.1, 0.15) is 0 Å². The van der Waals surface area contributed by atoms with E-state index in [0.29, 0.717) is 25.3 Å². The minimum Gasteiger partial charge on any atom is -0.359 e. The van der Waals surface area contributed by atoms with Crippen LogP contribution in [-0.4, -0.2) is 25.4 Å². The van der Waals surface area contributed by atoms with Crippen molar-refractivity contribution in [3.8, 4) is 0 Å². The molecule has 0 heterocycles. The predicted molar refractivity (Wildman–Crippen MR) is 78.8 cm³/mol.